The van der Waals surface area contributed by atoms with E-state index in [4.69, 9.17) is 0 Å². The molecule has 2 aromatic rings. The van der Waals surface area contributed by atoms with Gasteiger partial charge in [0, 0.05) is 24.7 Å². The largest absolute Gasteiger partial charge is 0.508 e. The summed E-state index contributed by atoms with van der Waals surface area (Å²) >= 11 is 1.77. The summed E-state index contributed by atoms with van der Waals surface area (Å²) in [6.45, 7) is 0. The topological polar surface area (TPSA) is 35.5 Å². The molecule has 0 aromatic heterocycles. The molecule has 1 aliphatic heterocycles. The fourth-order valence-corrected chi connectivity index (χ4v) is 3.65. The van der Waals surface area contributed by atoms with Gasteiger partial charge in [-0.15, -0.1) is 0 Å². The van der Waals surface area contributed by atoms with Crippen molar-refractivity contribution in [1.82, 2.24) is 0 Å². The molecule has 0 spiro atoms. The van der Waals surface area contributed by atoms with E-state index in [1.807, 2.05) is 19.2 Å². The van der Waals surface area contributed by atoms with Crippen molar-refractivity contribution < 1.29 is 5.11 Å². The Labute approximate surface area is 117 Å². The molecule has 4 heteroatoms. The number of phenols is 1. The van der Waals surface area contributed by atoms with Gasteiger partial charge in [-0.2, -0.15) is 0 Å². The lowest BCUT2D eigenvalue weighted by Crippen LogP contribution is -2.16. The predicted molar refractivity (Wildman–Crippen MR) is 81.1 cm³/mol. The smallest absolute Gasteiger partial charge is 0.116 e. The highest BCUT2D eigenvalue weighted by atomic mass is 32.2. The SMILES string of the molecule is CNc1ccc(C2Sc3cc(O)ccc3N2[11CH3])cc1. The molecule has 0 saturated heterocycles. The lowest BCUT2D eigenvalue weighted by molar-refractivity contribution is 0.474. The van der Waals surface area contributed by atoms with E-state index < -0.39 is 0 Å². The molecule has 1 atom stereocenters. The van der Waals surface area contributed by atoms with Crippen molar-refractivity contribution in [2.45, 2.75) is 10.3 Å². The van der Waals surface area contributed by atoms with Crippen molar-refractivity contribution in [2.24, 2.45) is 0 Å². The molecule has 1 aliphatic rings. The molecular weight excluding hydrogens is 255 g/mol. The molecule has 19 heavy (non-hydrogen) atoms. The van der Waals surface area contributed by atoms with Crippen molar-refractivity contribution >= 4 is 23.1 Å². The molecular formula is C15H16N2OS. The Morgan fingerprint density at radius 2 is 1.89 bits per heavy atom. The van der Waals surface area contributed by atoms with Crippen LogP contribution in [0, 0.1) is 0 Å². The number of nitrogens with one attached hydrogen (secondary N) is 1. The lowest BCUT2D eigenvalue weighted by atomic mass is 10.1. The predicted octanol–water partition coefficient (Wildman–Crippen LogP) is 3.67. The van der Waals surface area contributed by atoms with Gasteiger partial charge in [0.1, 0.15) is 11.1 Å². The molecule has 98 valence electrons. The number of fused-ring (bicyclic) bond motifs is 1. The van der Waals surface area contributed by atoms with Gasteiger partial charge in [0.05, 0.1) is 5.69 Å². The van der Waals surface area contributed by atoms with Crippen LogP contribution in [0.5, 0.6) is 5.75 Å². The minimum atomic E-state index is 0.266. The number of hydrogen-bond acceptors (Lipinski definition) is 4. The van der Waals surface area contributed by atoms with E-state index in [1.165, 1.54) is 11.3 Å². The molecule has 0 bridgehead atoms. The molecule has 0 radical (unpaired) electrons. The molecule has 1 heterocycles. The number of anilines is 2. The van der Waals surface area contributed by atoms with E-state index in [1.54, 1.807) is 17.8 Å². The minimum absolute atomic E-state index is 0.266. The lowest BCUT2D eigenvalue weighted by Gasteiger charge is -2.22. The average molecular weight is 271 g/mol. The number of hydrogen-bond donors (Lipinski definition) is 2. The summed E-state index contributed by atoms with van der Waals surface area (Å²) in [7, 11) is 4.01. The monoisotopic (exact) mass is 271 g/mol. The molecule has 2 aromatic carbocycles. The Balaban J connectivity index is 1.91. The normalized spacial score (nSPS) is 17.4. The standard InChI is InChI=1S/C15H16N2OS/c1-16-11-5-3-10(4-6-11)15-17(2)13-8-7-12(18)9-14(13)19-15/h3-9,15-16,18H,1-2H3/i2-1. The zero-order valence-electron chi connectivity index (χ0n) is 10.9. The Bertz CT molecular complexity index is 598. The van der Waals surface area contributed by atoms with Crippen molar-refractivity contribution in [3.63, 3.8) is 0 Å². The van der Waals surface area contributed by atoms with Crippen LogP contribution in [0.4, 0.5) is 11.4 Å². The molecule has 3 nitrogen and oxygen atoms in total. The highest BCUT2D eigenvalue weighted by molar-refractivity contribution is 8.00. The van der Waals surface area contributed by atoms with E-state index >= 15 is 0 Å². The molecule has 2 N–H and O–H groups in total. The Kier molecular flexibility index (Phi) is 3.03. The second-order valence-corrected chi connectivity index (χ2v) is 5.73. The Hall–Kier alpha value is -1.81. The molecule has 0 aliphatic carbocycles. The quantitative estimate of drug-likeness (QED) is 0.873. The van der Waals surface area contributed by atoms with Crippen LogP contribution in [0.15, 0.2) is 47.4 Å². The summed E-state index contributed by atoms with van der Waals surface area (Å²) in [5, 5.41) is 13.0. The zero-order valence-corrected chi connectivity index (χ0v) is 11.7. The summed E-state index contributed by atoms with van der Waals surface area (Å²) in [6.07, 6.45) is 0. The van der Waals surface area contributed by atoms with Gasteiger partial charge >= 0.3 is 0 Å². The first-order valence-electron chi connectivity index (χ1n) is 6.19. The minimum Gasteiger partial charge on any atom is -0.508 e. The van der Waals surface area contributed by atoms with Crippen molar-refractivity contribution in [1.29, 1.82) is 0 Å². The van der Waals surface area contributed by atoms with Gasteiger partial charge in [0.25, 0.3) is 0 Å². The number of thioether (sulfide) groups is 1. The highest BCUT2D eigenvalue weighted by Gasteiger charge is 2.28. The van der Waals surface area contributed by atoms with Gasteiger partial charge in [-0.05, 0) is 35.9 Å². The van der Waals surface area contributed by atoms with Gasteiger partial charge in [-0.1, -0.05) is 23.9 Å². The van der Waals surface area contributed by atoms with Gasteiger partial charge in [-0.3, -0.25) is 0 Å². The van der Waals surface area contributed by atoms with Crippen molar-refractivity contribution in [3.8, 4) is 5.75 Å². The summed E-state index contributed by atoms with van der Waals surface area (Å²) in [5.41, 5.74) is 3.55. The molecule has 3 rings (SSSR count). The number of benzene rings is 2. The maximum atomic E-state index is 9.57. The van der Waals surface area contributed by atoms with Crippen LogP contribution in [-0.4, -0.2) is 19.2 Å². The third-order valence-electron chi connectivity index (χ3n) is 3.40. The molecule has 1 unspecified atom stereocenters. The number of nitrogens with zero attached hydrogens (tertiary/aromatic N) is 1. The van der Waals surface area contributed by atoms with E-state index in [0.29, 0.717) is 5.75 Å². The third kappa shape index (κ3) is 2.12. The summed E-state index contributed by atoms with van der Waals surface area (Å²) in [6, 6.07) is 14.0. The van der Waals surface area contributed by atoms with Crippen LogP contribution in [-0.2, 0) is 0 Å². The van der Waals surface area contributed by atoms with Gasteiger partial charge in [0.15, 0.2) is 0 Å². The molecule has 0 fully saturated rings. The van der Waals surface area contributed by atoms with Crippen LogP contribution in [0.25, 0.3) is 0 Å². The van der Waals surface area contributed by atoms with Crippen molar-refractivity contribution in [3.05, 3.63) is 48.0 Å². The first-order chi connectivity index (χ1) is 9.19. The van der Waals surface area contributed by atoms with E-state index in [9.17, 15) is 5.11 Å². The zero-order chi connectivity index (χ0) is 13.4. The maximum absolute atomic E-state index is 9.57. The first kappa shape index (κ1) is 12.2. The van der Waals surface area contributed by atoms with E-state index in [2.05, 4.69) is 41.5 Å². The average Bonchev–Trinajstić information content (AvgIpc) is 2.75. The van der Waals surface area contributed by atoms with Crippen LogP contribution >= 0.6 is 11.8 Å². The van der Waals surface area contributed by atoms with Gasteiger partial charge in [0.2, 0.25) is 0 Å². The van der Waals surface area contributed by atoms with Crippen LogP contribution in [0.1, 0.15) is 10.9 Å². The molecule has 0 amide bonds. The maximum Gasteiger partial charge on any atom is 0.116 e. The number of phenolic OH excluding ortho intramolecular Hbond substituents is 1. The van der Waals surface area contributed by atoms with Gasteiger partial charge in [-0.25, -0.2) is 0 Å². The van der Waals surface area contributed by atoms with Crippen molar-refractivity contribution in [2.75, 3.05) is 24.3 Å². The fraction of sp³-hybridized carbons (Fsp3) is 0.200. The second kappa shape index (κ2) is 4.70. The van der Waals surface area contributed by atoms with E-state index in [0.717, 1.165) is 10.6 Å². The fourth-order valence-electron chi connectivity index (χ4n) is 2.32. The first-order valence-corrected chi connectivity index (χ1v) is 7.07. The Morgan fingerprint density at radius 3 is 2.58 bits per heavy atom. The van der Waals surface area contributed by atoms with Crippen LogP contribution in [0.2, 0.25) is 0 Å². The number of aromatic hydroxyl groups is 1. The Morgan fingerprint density at radius 1 is 1.16 bits per heavy atom. The van der Waals surface area contributed by atoms with Gasteiger partial charge < -0.3 is 15.3 Å². The third-order valence-corrected chi connectivity index (χ3v) is 4.79. The summed E-state index contributed by atoms with van der Waals surface area (Å²) < 4.78 is 0. The van der Waals surface area contributed by atoms with Crippen LogP contribution in [0.3, 0.4) is 0 Å². The van der Waals surface area contributed by atoms with E-state index in [-0.39, 0.29) is 5.37 Å². The van der Waals surface area contributed by atoms with Crippen LogP contribution < -0.4 is 10.2 Å². The summed E-state index contributed by atoms with van der Waals surface area (Å²) in [5.74, 6) is 0.325. The highest BCUT2D eigenvalue weighted by Crippen LogP contribution is 2.51. The number of rotatable bonds is 2. The summed E-state index contributed by atoms with van der Waals surface area (Å²) in [4.78, 5) is 3.37. The second-order valence-electron chi connectivity index (χ2n) is 4.61. The molecule has 0 saturated carbocycles.